The van der Waals surface area contributed by atoms with Gasteiger partial charge in [-0.05, 0) is 56.5 Å². The summed E-state index contributed by atoms with van der Waals surface area (Å²) in [7, 11) is 0. The van der Waals surface area contributed by atoms with Crippen molar-refractivity contribution >= 4 is 23.4 Å². The molecule has 7 nitrogen and oxygen atoms in total. The molecule has 0 atom stereocenters. The molecule has 1 fully saturated rings. The number of aryl methyl sites for hydroxylation is 2. The number of aromatic nitrogens is 3. The summed E-state index contributed by atoms with van der Waals surface area (Å²) in [6.45, 7) is 5.35. The molecule has 1 aromatic heterocycles. The number of thioether (sulfide) groups is 1. The van der Waals surface area contributed by atoms with Gasteiger partial charge < -0.3 is 14.8 Å². The fourth-order valence-corrected chi connectivity index (χ4v) is 4.61. The molecule has 2 aliphatic rings. The lowest BCUT2D eigenvalue weighted by molar-refractivity contribution is -0.113. The monoisotopic (exact) mass is 450 g/mol. The average molecular weight is 451 g/mol. The van der Waals surface area contributed by atoms with Crippen molar-refractivity contribution in [3.8, 4) is 22.9 Å². The zero-order valence-electron chi connectivity index (χ0n) is 18.3. The number of nitrogens with one attached hydrogen (secondary N) is 1. The van der Waals surface area contributed by atoms with Gasteiger partial charge in [0, 0.05) is 23.7 Å². The van der Waals surface area contributed by atoms with Crippen LogP contribution in [0.15, 0.2) is 41.6 Å². The summed E-state index contributed by atoms with van der Waals surface area (Å²) in [6, 6.07) is 12.3. The number of hydrogen-bond acceptors (Lipinski definition) is 6. The fourth-order valence-electron chi connectivity index (χ4n) is 3.81. The minimum Gasteiger partial charge on any atom is -0.490 e. The Morgan fingerprint density at radius 2 is 1.91 bits per heavy atom. The number of hydrogen-bond donors (Lipinski definition) is 1. The lowest BCUT2D eigenvalue weighted by Gasteiger charge is -2.12. The van der Waals surface area contributed by atoms with Crippen LogP contribution in [-0.2, 0) is 4.79 Å². The molecule has 2 heterocycles. The third kappa shape index (κ3) is 4.46. The largest absolute Gasteiger partial charge is 0.490 e. The van der Waals surface area contributed by atoms with Crippen LogP contribution in [0.25, 0.3) is 11.4 Å². The Kier molecular flexibility index (Phi) is 5.78. The molecule has 8 heteroatoms. The first kappa shape index (κ1) is 20.9. The van der Waals surface area contributed by atoms with Crippen molar-refractivity contribution in [3.05, 3.63) is 47.5 Å². The molecule has 0 spiro atoms. The van der Waals surface area contributed by atoms with Crippen LogP contribution in [0.5, 0.6) is 11.5 Å². The predicted molar refractivity (Wildman–Crippen MR) is 125 cm³/mol. The van der Waals surface area contributed by atoms with Crippen LogP contribution in [0.4, 0.5) is 5.69 Å². The molecule has 0 radical (unpaired) electrons. The summed E-state index contributed by atoms with van der Waals surface area (Å²) in [4.78, 5) is 12.6. The number of anilines is 1. The van der Waals surface area contributed by atoms with Crippen molar-refractivity contribution in [2.75, 3.05) is 24.3 Å². The number of nitrogens with zero attached hydrogens (tertiary/aromatic N) is 3. The van der Waals surface area contributed by atoms with Crippen LogP contribution < -0.4 is 14.8 Å². The van der Waals surface area contributed by atoms with E-state index in [0.29, 0.717) is 19.3 Å². The SMILES string of the molecule is Cc1ccc(NC(=O)CSc2nnc(-c3ccc4c(c3)OCCCO4)n2C2CC2)c(C)c1. The number of amides is 1. The number of ether oxygens (including phenoxy) is 2. The second kappa shape index (κ2) is 8.86. The van der Waals surface area contributed by atoms with E-state index in [9.17, 15) is 4.79 Å². The van der Waals surface area contributed by atoms with Gasteiger partial charge >= 0.3 is 0 Å². The molecule has 0 unspecified atom stereocenters. The first-order valence-corrected chi connectivity index (χ1v) is 11.9. The normalized spacial score (nSPS) is 15.3. The zero-order valence-corrected chi connectivity index (χ0v) is 19.1. The Bertz CT molecular complexity index is 1160. The number of rotatable bonds is 6. The summed E-state index contributed by atoms with van der Waals surface area (Å²) in [5, 5.41) is 12.7. The van der Waals surface area contributed by atoms with Crippen molar-refractivity contribution in [1.82, 2.24) is 14.8 Å². The van der Waals surface area contributed by atoms with Crippen LogP contribution in [0, 0.1) is 13.8 Å². The van der Waals surface area contributed by atoms with Crippen LogP contribution in [0.1, 0.15) is 36.4 Å². The molecule has 0 saturated heterocycles. The van der Waals surface area contributed by atoms with Crippen LogP contribution in [0.2, 0.25) is 0 Å². The molecule has 1 amide bonds. The van der Waals surface area contributed by atoms with Gasteiger partial charge in [-0.15, -0.1) is 10.2 Å². The maximum atomic E-state index is 12.6. The topological polar surface area (TPSA) is 78.3 Å². The summed E-state index contributed by atoms with van der Waals surface area (Å²) >= 11 is 1.42. The summed E-state index contributed by atoms with van der Waals surface area (Å²) in [5.74, 6) is 2.54. The van der Waals surface area contributed by atoms with Gasteiger partial charge in [0.1, 0.15) is 0 Å². The molecule has 2 aromatic carbocycles. The summed E-state index contributed by atoms with van der Waals surface area (Å²) in [6.07, 6.45) is 3.06. The van der Waals surface area contributed by atoms with Gasteiger partial charge in [0.05, 0.1) is 19.0 Å². The van der Waals surface area contributed by atoms with Crippen molar-refractivity contribution in [1.29, 1.82) is 0 Å². The predicted octanol–water partition coefficient (Wildman–Crippen LogP) is 4.79. The van der Waals surface area contributed by atoms with E-state index in [0.717, 1.165) is 58.6 Å². The highest BCUT2D eigenvalue weighted by Crippen LogP contribution is 2.42. The van der Waals surface area contributed by atoms with Gasteiger partial charge in [-0.1, -0.05) is 29.5 Å². The van der Waals surface area contributed by atoms with E-state index in [4.69, 9.17) is 9.47 Å². The number of carbonyl (C=O) groups is 1. The highest BCUT2D eigenvalue weighted by molar-refractivity contribution is 7.99. The maximum absolute atomic E-state index is 12.6. The van der Waals surface area contributed by atoms with Crippen molar-refractivity contribution < 1.29 is 14.3 Å². The van der Waals surface area contributed by atoms with Crippen LogP contribution in [-0.4, -0.2) is 39.6 Å². The molecule has 1 aliphatic heterocycles. The Morgan fingerprint density at radius 1 is 1.09 bits per heavy atom. The molecule has 1 saturated carbocycles. The maximum Gasteiger partial charge on any atom is 0.234 e. The molecule has 32 heavy (non-hydrogen) atoms. The number of benzene rings is 2. The van der Waals surface area contributed by atoms with Gasteiger partial charge in [0.15, 0.2) is 22.5 Å². The average Bonchev–Trinajstić information content (AvgIpc) is 3.57. The van der Waals surface area contributed by atoms with E-state index in [1.54, 1.807) is 0 Å². The minimum absolute atomic E-state index is 0.0515. The lowest BCUT2D eigenvalue weighted by Crippen LogP contribution is -2.15. The highest BCUT2D eigenvalue weighted by Gasteiger charge is 2.30. The van der Waals surface area contributed by atoms with Gasteiger partial charge in [0.25, 0.3) is 0 Å². The van der Waals surface area contributed by atoms with Crippen LogP contribution in [0.3, 0.4) is 0 Å². The molecule has 3 aromatic rings. The lowest BCUT2D eigenvalue weighted by atomic mass is 10.1. The first-order valence-electron chi connectivity index (χ1n) is 10.9. The van der Waals surface area contributed by atoms with E-state index in [2.05, 4.69) is 26.1 Å². The Balaban J connectivity index is 1.33. The van der Waals surface area contributed by atoms with Crippen molar-refractivity contribution in [3.63, 3.8) is 0 Å². The molecule has 0 bridgehead atoms. The third-order valence-corrected chi connectivity index (χ3v) is 6.51. The standard InChI is InChI=1S/C24H26N4O3S/c1-15-4-8-19(16(2)12-15)25-22(29)14-32-24-27-26-23(28(24)18-6-7-18)17-5-9-20-21(13-17)31-11-3-10-30-20/h4-5,8-9,12-13,18H,3,6-7,10-11,14H2,1-2H3,(H,25,29). The zero-order chi connectivity index (χ0) is 22.1. The smallest absolute Gasteiger partial charge is 0.234 e. The quantitative estimate of drug-likeness (QED) is 0.544. The van der Waals surface area contributed by atoms with Gasteiger partial charge in [0.2, 0.25) is 5.91 Å². The molecule has 5 rings (SSSR count). The number of fused-ring (bicyclic) bond motifs is 1. The van der Waals surface area contributed by atoms with E-state index in [1.807, 2.05) is 44.2 Å². The minimum atomic E-state index is -0.0515. The molecule has 1 N–H and O–H groups in total. The second-order valence-electron chi connectivity index (χ2n) is 8.27. The van der Waals surface area contributed by atoms with Gasteiger partial charge in [-0.3, -0.25) is 9.36 Å². The highest BCUT2D eigenvalue weighted by atomic mass is 32.2. The summed E-state index contributed by atoms with van der Waals surface area (Å²) < 4.78 is 13.8. The van der Waals surface area contributed by atoms with E-state index in [1.165, 1.54) is 17.3 Å². The Hall–Kier alpha value is -3.00. The fraction of sp³-hybridized carbons (Fsp3) is 0.375. The van der Waals surface area contributed by atoms with E-state index < -0.39 is 0 Å². The summed E-state index contributed by atoms with van der Waals surface area (Å²) in [5.41, 5.74) is 4.02. The third-order valence-electron chi connectivity index (χ3n) is 5.57. The molecule has 166 valence electrons. The number of carbonyl (C=O) groups excluding carboxylic acids is 1. The second-order valence-corrected chi connectivity index (χ2v) is 9.22. The molecular formula is C24H26N4O3S. The van der Waals surface area contributed by atoms with E-state index >= 15 is 0 Å². The Morgan fingerprint density at radius 3 is 2.69 bits per heavy atom. The molecular weight excluding hydrogens is 424 g/mol. The van der Waals surface area contributed by atoms with Gasteiger partial charge in [-0.2, -0.15) is 0 Å². The molecule has 1 aliphatic carbocycles. The first-order chi connectivity index (χ1) is 15.6. The Labute approximate surface area is 191 Å². The van der Waals surface area contributed by atoms with Gasteiger partial charge in [-0.25, -0.2) is 0 Å². The van der Waals surface area contributed by atoms with Crippen molar-refractivity contribution in [2.45, 2.75) is 44.3 Å². The van der Waals surface area contributed by atoms with Crippen molar-refractivity contribution in [2.24, 2.45) is 0 Å². The van der Waals surface area contributed by atoms with Crippen LogP contribution >= 0.6 is 11.8 Å². The van der Waals surface area contributed by atoms with E-state index in [-0.39, 0.29) is 11.7 Å².